The molecule has 1 fully saturated rings. The van der Waals surface area contributed by atoms with Crippen LogP contribution in [0.4, 0.5) is 13.2 Å². The van der Waals surface area contributed by atoms with Crippen LogP contribution in [0.15, 0.2) is 24.4 Å². The lowest BCUT2D eigenvalue weighted by molar-refractivity contribution is 0.505. The van der Waals surface area contributed by atoms with E-state index < -0.39 is 17.5 Å². The van der Waals surface area contributed by atoms with Crippen molar-refractivity contribution in [1.82, 2.24) is 25.0 Å². The number of halogens is 3. The first-order valence-corrected chi connectivity index (χ1v) is 8.67. The number of hydrogen-bond donors (Lipinski definition) is 1. The molecule has 3 aromatic rings. The van der Waals surface area contributed by atoms with Crippen molar-refractivity contribution in [3.8, 4) is 11.5 Å². The lowest BCUT2D eigenvalue weighted by atomic mass is 10.0. The van der Waals surface area contributed by atoms with Gasteiger partial charge in [-0.05, 0) is 23.6 Å². The smallest absolute Gasteiger partial charge is 0.179 e. The Morgan fingerprint density at radius 2 is 1.88 bits per heavy atom. The molecule has 1 aromatic carbocycles. The molecule has 136 valence electrons. The summed E-state index contributed by atoms with van der Waals surface area (Å²) in [5, 5.41) is 10.8. The highest BCUT2D eigenvalue weighted by molar-refractivity contribution is 5.49. The van der Waals surface area contributed by atoms with Crippen molar-refractivity contribution in [2.45, 2.75) is 38.6 Å². The number of aromatic nitrogens is 5. The van der Waals surface area contributed by atoms with Gasteiger partial charge in [-0.25, -0.2) is 22.8 Å². The average molecular weight is 361 g/mol. The summed E-state index contributed by atoms with van der Waals surface area (Å²) in [5.74, 6) is -0.900. The molecule has 0 spiro atoms. The average Bonchev–Trinajstić information content (AvgIpc) is 3.34. The summed E-state index contributed by atoms with van der Waals surface area (Å²) in [5.41, 5.74) is 0.653. The second kappa shape index (κ2) is 6.93. The van der Waals surface area contributed by atoms with Gasteiger partial charge >= 0.3 is 0 Å². The van der Waals surface area contributed by atoms with Crippen LogP contribution in [-0.2, 0) is 13.0 Å². The van der Waals surface area contributed by atoms with Gasteiger partial charge in [-0.1, -0.05) is 31.7 Å². The lowest BCUT2D eigenvalue weighted by Gasteiger charge is -2.06. The van der Waals surface area contributed by atoms with E-state index in [4.69, 9.17) is 0 Å². The van der Waals surface area contributed by atoms with Gasteiger partial charge in [0.2, 0.25) is 0 Å². The third kappa shape index (κ3) is 3.36. The molecule has 0 unspecified atom stereocenters. The molecular formula is C18H18F3N5. The van der Waals surface area contributed by atoms with E-state index in [-0.39, 0.29) is 12.2 Å². The van der Waals surface area contributed by atoms with Gasteiger partial charge in [0.1, 0.15) is 5.69 Å². The fraction of sp³-hybridized carbons (Fsp3) is 0.389. The van der Waals surface area contributed by atoms with E-state index in [1.165, 1.54) is 23.6 Å². The van der Waals surface area contributed by atoms with E-state index in [2.05, 4.69) is 20.3 Å². The second-order valence-electron chi connectivity index (χ2n) is 6.71. The van der Waals surface area contributed by atoms with Gasteiger partial charge in [-0.3, -0.25) is 5.10 Å². The maximum atomic E-state index is 14.0. The van der Waals surface area contributed by atoms with E-state index in [0.717, 1.165) is 37.6 Å². The molecule has 1 saturated carbocycles. The molecule has 2 aromatic heterocycles. The lowest BCUT2D eigenvalue weighted by Crippen LogP contribution is -2.06. The first kappa shape index (κ1) is 16.8. The highest BCUT2D eigenvalue weighted by Gasteiger charge is 2.22. The van der Waals surface area contributed by atoms with Crippen LogP contribution in [-0.4, -0.2) is 25.0 Å². The summed E-state index contributed by atoms with van der Waals surface area (Å²) in [6.45, 7) is 0.155. The van der Waals surface area contributed by atoms with E-state index in [1.54, 1.807) is 0 Å². The molecule has 26 heavy (non-hydrogen) atoms. The zero-order valence-corrected chi connectivity index (χ0v) is 14.1. The van der Waals surface area contributed by atoms with E-state index in [1.807, 2.05) is 0 Å². The Kier molecular flexibility index (Phi) is 4.48. The van der Waals surface area contributed by atoms with Crippen molar-refractivity contribution in [1.29, 1.82) is 0 Å². The quantitative estimate of drug-likeness (QED) is 0.751. The van der Waals surface area contributed by atoms with Crippen LogP contribution in [0, 0.1) is 23.4 Å². The molecule has 0 aliphatic heterocycles. The molecule has 2 heterocycles. The first-order chi connectivity index (χ1) is 12.6. The number of H-pyrrole nitrogens is 1. The maximum Gasteiger partial charge on any atom is 0.179 e. The van der Waals surface area contributed by atoms with E-state index >= 15 is 0 Å². The Morgan fingerprint density at radius 1 is 1.08 bits per heavy atom. The molecule has 0 saturated heterocycles. The van der Waals surface area contributed by atoms with Gasteiger partial charge in [0.05, 0.1) is 12.7 Å². The molecule has 8 heteroatoms. The van der Waals surface area contributed by atoms with Crippen molar-refractivity contribution < 1.29 is 13.2 Å². The van der Waals surface area contributed by atoms with Crippen molar-refractivity contribution in [2.75, 3.05) is 0 Å². The zero-order valence-electron chi connectivity index (χ0n) is 14.1. The number of rotatable bonds is 5. The van der Waals surface area contributed by atoms with Crippen molar-refractivity contribution in [2.24, 2.45) is 5.92 Å². The summed E-state index contributed by atoms with van der Waals surface area (Å²) in [4.78, 5) is 4.49. The number of nitrogens with zero attached hydrogens (tertiary/aromatic N) is 4. The Labute approximate surface area is 148 Å². The summed E-state index contributed by atoms with van der Waals surface area (Å²) in [6.07, 6.45) is 6.51. The minimum Gasteiger partial charge on any atom is -0.272 e. The maximum absolute atomic E-state index is 14.0. The van der Waals surface area contributed by atoms with Crippen LogP contribution in [0.2, 0.25) is 0 Å². The fourth-order valence-corrected chi connectivity index (χ4v) is 3.48. The minimum absolute atomic E-state index is 0.137. The van der Waals surface area contributed by atoms with Gasteiger partial charge < -0.3 is 0 Å². The van der Waals surface area contributed by atoms with Crippen molar-refractivity contribution in [3.63, 3.8) is 0 Å². The third-order valence-electron chi connectivity index (χ3n) is 4.79. The SMILES string of the molecule is Fc1ccc(Cn2nc(CC3CCCC3)nc2-c2[nH]ncc2F)cc1F. The molecule has 0 amide bonds. The van der Waals surface area contributed by atoms with Gasteiger partial charge in [0, 0.05) is 6.42 Å². The number of benzene rings is 1. The molecule has 1 aliphatic carbocycles. The van der Waals surface area contributed by atoms with Crippen LogP contribution in [0.5, 0.6) is 0 Å². The van der Waals surface area contributed by atoms with Gasteiger partial charge in [0.25, 0.3) is 0 Å². The van der Waals surface area contributed by atoms with Crippen LogP contribution in [0.25, 0.3) is 11.5 Å². The fourth-order valence-electron chi connectivity index (χ4n) is 3.48. The van der Waals surface area contributed by atoms with Gasteiger partial charge in [0.15, 0.2) is 29.1 Å². The van der Waals surface area contributed by atoms with Crippen LogP contribution >= 0.6 is 0 Å². The number of aromatic amines is 1. The van der Waals surface area contributed by atoms with Crippen molar-refractivity contribution in [3.05, 3.63) is 53.2 Å². The highest BCUT2D eigenvalue weighted by Crippen LogP contribution is 2.28. The molecular weight excluding hydrogens is 343 g/mol. The normalized spacial score (nSPS) is 15.0. The monoisotopic (exact) mass is 361 g/mol. The predicted molar refractivity (Wildman–Crippen MR) is 88.7 cm³/mol. The Morgan fingerprint density at radius 3 is 2.58 bits per heavy atom. The molecule has 1 aliphatic rings. The standard InChI is InChI=1S/C18H18F3N5/c19-13-6-5-12(7-14(13)20)10-26-18(17-15(21)9-22-24-17)23-16(25-26)8-11-3-1-2-4-11/h5-7,9,11H,1-4,8,10H2,(H,22,24). The molecule has 0 radical (unpaired) electrons. The molecule has 5 nitrogen and oxygen atoms in total. The Hall–Kier alpha value is -2.64. The zero-order chi connectivity index (χ0) is 18.1. The van der Waals surface area contributed by atoms with Crippen LogP contribution < -0.4 is 0 Å². The van der Waals surface area contributed by atoms with Crippen molar-refractivity contribution >= 4 is 0 Å². The molecule has 4 rings (SSSR count). The second-order valence-corrected chi connectivity index (χ2v) is 6.71. The molecule has 1 N–H and O–H groups in total. The summed E-state index contributed by atoms with van der Waals surface area (Å²) < 4.78 is 42.2. The predicted octanol–water partition coefficient (Wildman–Crippen LogP) is 3.87. The van der Waals surface area contributed by atoms with E-state index in [0.29, 0.717) is 23.1 Å². The summed E-state index contributed by atoms with van der Waals surface area (Å²) in [7, 11) is 0. The Bertz CT molecular complexity index is 911. The molecule has 0 bridgehead atoms. The van der Waals surface area contributed by atoms with Crippen LogP contribution in [0.1, 0.15) is 37.1 Å². The summed E-state index contributed by atoms with van der Waals surface area (Å²) in [6, 6.07) is 3.65. The third-order valence-corrected chi connectivity index (χ3v) is 4.79. The number of hydrogen-bond acceptors (Lipinski definition) is 3. The molecule has 0 atom stereocenters. The van der Waals surface area contributed by atoms with Gasteiger partial charge in [-0.15, -0.1) is 0 Å². The first-order valence-electron chi connectivity index (χ1n) is 8.67. The largest absolute Gasteiger partial charge is 0.272 e. The Balaban J connectivity index is 1.67. The van der Waals surface area contributed by atoms with E-state index in [9.17, 15) is 13.2 Å². The minimum atomic E-state index is -0.928. The number of nitrogens with one attached hydrogen (secondary N) is 1. The highest BCUT2D eigenvalue weighted by atomic mass is 19.2. The van der Waals surface area contributed by atoms with Crippen LogP contribution in [0.3, 0.4) is 0 Å². The van der Waals surface area contributed by atoms with Gasteiger partial charge in [-0.2, -0.15) is 10.2 Å². The summed E-state index contributed by atoms with van der Waals surface area (Å²) >= 11 is 0. The topological polar surface area (TPSA) is 59.4 Å².